The molecule has 0 bridgehead atoms. The van der Waals surface area contributed by atoms with Gasteiger partial charge in [-0.15, -0.1) is 0 Å². The molecule has 100 valence electrons. The van der Waals surface area contributed by atoms with Crippen LogP contribution in [0.25, 0.3) is 0 Å². The zero-order valence-corrected chi connectivity index (χ0v) is 11.8. The molecule has 19 heavy (non-hydrogen) atoms. The number of aromatic nitrogens is 2. The Hall–Kier alpha value is -1.68. The van der Waals surface area contributed by atoms with Crippen molar-refractivity contribution in [2.45, 2.75) is 26.7 Å². The van der Waals surface area contributed by atoms with E-state index in [1.807, 2.05) is 20.8 Å². The minimum atomic E-state index is -0.272. The molecule has 1 aromatic carbocycles. The maximum atomic E-state index is 12.9. The van der Waals surface area contributed by atoms with Crippen molar-refractivity contribution in [2.75, 3.05) is 5.32 Å². The molecule has 0 atom stereocenters. The second-order valence-electron chi connectivity index (χ2n) is 4.63. The summed E-state index contributed by atoms with van der Waals surface area (Å²) < 4.78 is 12.9. The van der Waals surface area contributed by atoms with E-state index in [4.69, 9.17) is 11.6 Å². The van der Waals surface area contributed by atoms with E-state index in [9.17, 15) is 4.39 Å². The highest BCUT2D eigenvalue weighted by Crippen LogP contribution is 2.25. The van der Waals surface area contributed by atoms with Gasteiger partial charge in [0.25, 0.3) is 0 Å². The normalized spacial score (nSPS) is 10.8. The van der Waals surface area contributed by atoms with Gasteiger partial charge in [-0.05, 0) is 31.2 Å². The van der Waals surface area contributed by atoms with Crippen LogP contribution in [-0.2, 0) is 0 Å². The van der Waals surface area contributed by atoms with Gasteiger partial charge in [0.1, 0.15) is 22.6 Å². The number of nitrogens with zero attached hydrogens (tertiary/aromatic N) is 2. The molecule has 5 heteroatoms. The molecule has 0 fully saturated rings. The van der Waals surface area contributed by atoms with Crippen LogP contribution >= 0.6 is 11.6 Å². The average molecular weight is 280 g/mol. The summed E-state index contributed by atoms with van der Waals surface area (Å²) in [6.07, 6.45) is 0. The van der Waals surface area contributed by atoms with Crippen LogP contribution in [0.3, 0.4) is 0 Å². The van der Waals surface area contributed by atoms with Gasteiger partial charge in [-0.1, -0.05) is 25.4 Å². The molecular weight excluding hydrogens is 265 g/mol. The molecule has 0 saturated heterocycles. The SMILES string of the molecule is Cc1c(Cl)nc(C(C)C)nc1Nc1ccc(F)cc1. The van der Waals surface area contributed by atoms with Crippen LogP contribution in [0.1, 0.15) is 31.2 Å². The van der Waals surface area contributed by atoms with E-state index in [1.54, 1.807) is 12.1 Å². The predicted octanol–water partition coefficient (Wildman–Crippen LogP) is 4.44. The molecule has 0 spiro atoms. The zero-order chi connectivity index (χ0) is 14.0. The summed E-state index contributed by atoms with van der Waals surface area (Å²) in [6, 6.07) is 6.09. The molecule has 2 aromatic rings. The van der Waals surface area contributed by atoms with E-state index in [0.717, 1.165) is 11.3 Å². The van der Waals surface area contributed by atoms with E-state index in [1.165, 1.54) is 12.1 Å². The third kappa shape index (κ3) is 3.20. The summed E-state index contributed by atoms with van der Waals surface area (Å²) in [5.41, 5.74) is 1.53. The van der Waals surface area contributed by atoms with E-state index in [2.05, 4.69) is 15.3 Å². The molecule has 0 unspecified atom stereocenters. The lowest BCUT2D eigenvalue weighted by atomic mass is 10.2. The van der Waals surface area contributed by atoms with Gasteiger partial charge in [0.05, 0.1) is 0 Å². The van der Waals surface area contributed by atoms with Crippen molar-refractivity contribution in [3.05, 3.63) is 46.6 Å². The van der Waals surface area contributed by atoms with Crippen LogP contribution in [0.15, 0.2) is 24.3 Å². The summed E-state index contributed by atoms with van der Waals surface area (Å²) in [4.78, 5) is 8.69. The quantitative estimate of drug-likeness (QED) is 0.844. The monoisotopic (exact) mass is 279 g/mol. The third-order valence-corrected chi connectivity index (χ3v) is 3.10. The summed E-state index contributed by atoms with van der Waals surface area (Å²) in [5, 5.41) is 3.57. The van der Waals surface area contributed by atoms with Gasteiger partial charge >= 0.3 is 0 Å². The lowest BCUT2D eigenvalue weighted by Crippen LogP contribution is -2.05. The summed E-state index contributed by atoms with van der Waals surface area (Å²) in [5.74, 6) is 1.24. The zero-order valence-electron chi connectivity index (χ0n) is 11.0. The fraction of sp³-hybridized carbons (Fsp3) is 0.286. The average Bonchev–Trinajstić information content (AvgIpc) is 2.37. The van der Waals surface area contributed by atoms with Crippen LogP contribution in [0.5, 0.6) is 0 Å². The van der Waals surface area contributed by atoms with E-state index < -0.39 is 0 Å². The van der Waals surface area contributed by atoms with Gasteiger partial charge in [-0.25, -0.2) is 14.4 Å². The molecule has 1 aromatic heterocycles. The number of benzene rings is 1. The van der Waals surface area contributed by atoms with Crippen molar-refractivity contribution in [1.82, 2.24) is 9.97 Å². The predicted molar refractivity (Wildman–Crippen MR) is 75.6 cm³/mol. The first kappa shape index (κ1) is 13.7. The first-order valence-electron chi connectivity index (χ1n) is 6.04. The van der Waals surface area contributed by atoms with Crippen molar-refractivity contribution in [3.63, 3.8) is 0 Å². The molecule has 3 nitrogen and oxygen atoms in total. The van der Waals surface area contributed by atoms with Crippen molar-refractivity contribution >= 4 is 23.1 Å². The number of halogens is 2. The number of rotatable bonds is 3. The minimum absolute atomic E-state index is 0.187. The Kier molecular flexibility index (Phi) is 4.00. The van der Waals surface area contributed by atoms with Crippen molar-refractivity contribution < 1.29 is 4.39 Å². The van der Waals surface area contributed by atoms with Gasteiger partial charge in [0, 0.05) is 17.2 Å². The standard InChI is InChI=1S/C14H15ClFN3/c1-8(2)13-18-12(15)9(3)14(19-13)17-11-6-4-10(16)5-7-11/h4-8H,1-3H3,(H,17,18,19). The second-order valence-corrected chi connectivity index (χ2v) is 4.99. The van der Waals surface area contributed by atoms with Crippen LogP contribution in [0, 0.1) is 12.7 Å². The van der Waals surface area contributed by atoms with Gasteiger partial charge < -0.3 is 5.32 Å². The van der Waals surface area contributed by atoms with Crippen LogP contribution < -0.4 is 5.32 Å². The maximum Gasteiger partial charge on any atom is 0.138 e. The fourth-order valence-electron chi connectivity index (χ4n) is 1.56. The Morgan fingerprint density at radius 2 is 1.79 bits per heavy atom. The Bertz CT molecular complexity index is 582. The van der Waals surface area contributed by atoms with E-state index in [-0.39, 0.29) is 11.7 Å². The van der Waals surface area contributed by atoms with Gasteiger partial charge in [-0.2, -0.15) is 0 Å². The maximum absolute atomic E-state index is 12.9. The Morgan fingerprint density at radius 3 is 2.37 bits per heavy atom. The number of hydrogen-bond donors (Lipinski definition) is 1. The molecule has 0 amide bonds. The van der Waals surface area contributed by atoms with E-state index in [0.29, 0.717) is 16.8 Å². The molecule has 0 saturated carbocycles. The summed E-state index contributed by atoms with van der Waals surface area (Å²) in [6.45, 7) is 5.85. The first-order chi connectivity index (χ1) is 8.97. The molecule has 0 radical (unpaired) electrons. The van der Waals surface area contributed by atoms with Crippen molar-refractivity contribution in [3.8, 4) is 0 Å². The molecule has 1 heterocycles. The second kappa shape index (κ2) is 5.53. The third-order valence-electron chi connectivity index (χ3n) is 2.73. The molecule has 0 aliphatic rings. The largest absolute Gasteiger partial charge is 0.340 e. The number of hydrogen-bond acceptors (Lipinski definition) is 3. The molecule has 0 aliphatic heterocycles. The van der Waals surface area contributed by atoms with Gasteiger partial charge in [0.15, 0.2) is 0 Å². The highest BCUT2D eigenvalue weighted by atomic mass is 35.5. The van der Waals surface area contributed by atoms with Crippen molar-refractivity contribution in [2.24, 2.45) is 0 Å². The highest BCUT2D eigenvalue weighted by Gasteiger charge is 2.11. The van der Waals surface area contributed by atoms with E-state index >= 15 is 0 Å². The summed E-state index contributed by atoms with van der Waals surface area (Å²) in [7, 11) is 0. The lowest BCUT2D eigenvalue weighted by Gasteiger charge is -2.12. The van der Waals surface area contributed by atoms with Crippen LogP contribution in [-0.4, -0.2) is 9.97 Å². The van der Waals surface area contributed by atoms with Gasteiger partial charge in [0.2, 0.25) is 0 Å². The smallest absolute Gasteiger partial charge is 0.138 e. The molecular formula is C14H15ClFN3. The topological polar surface area (TPSA) is 37.8 Å². The fourth-order valence-corrected chi connectivity index (χ4v) is 1.73. The number of nitrogens with one attached hydrogen (secondary N) is 1. The van der Waals surface area contributed by atoms with Gasteiger partial charge in [-0.3, -0.25) is 0 Å². The first-order valence-corrected chi connectivity index (χ1v) is 6.42. The van der Waals surface area contributed by atoms with Crippen LogP contribution in [0.2, 0.25) is 5.15 Å². The van der Waals surface area contributed by atoms with Crippen molar-refractivity contribution in [1.29, 1.82) is 0 Å². The highest BCUT2D eigenvalue weighted by molar-refractivity contribution is 6.30. The molecule has 0 aliphatic carbocycles. The minimum Gasteiger partial charge on any atom is -0.340 e. The molecule has 2 rings (SSSR count). The molecule has 1 N–H and O–H groups in total. The van der Waals surface area contributed by atoms with Crippen LogP contribution in [0.4, 0.5) is 15.9 Å². The Morgan fingerprint density at radius 1 is 1.16 bits per heavy atom. The lowest BCUT2D eigenvalue weighted by molar-refractivity contribution is 0.628. The number of anilines is 2. The Labute approximate surface area is 116 Å². The summed E-state index contributed by atoms with van der Waals surface area (Å²) >= 11 is 6.10. The Balaban J connectivity index is 2.36.